The maximum Gasteiger partial charge on any atom is 0.0898 e. The minimum atomic E-state index is -0.592. The van der Waals surface area contributed by atoms with Crippen molar-refractivity contribution in [3.63, 3.8) is 0 Å². The first kappa shape index (κ1) is 16.8. The van der Waals surface area contributed by atoms with Crippen molar-refractivity contribution in [1.29, 1.82) is 0 Å². The summed E-state index contributed by atoms with van der Waals surface area (Å²) < 4.78 is 15.7. The van der Waals surface area contributed by atoms with Crippen LogP contribution >= 0.6 is 0 Å². The highest BCUT2D eigenvalue weighted by atomic mass is 16.5. The molecule has 19 heavy (non-hydrogen) atoms. The number of β-amino-alcohol motifs (C(OH)–C–C–N with tert-alkyl or cyclic N) is 1. The van der Waals surface area contributed by atoms with Crippen molar-refractivity contribution < 1.29 is 24.4 Å². The average molecular weight is 277 g/mol. The Labute approximate surface area is 115 Å². The Kier molecular flexibility index (Phi) is 7.82. The van der Waals surface area contributed by atoms with Gasteiger partial charge in [-0.05, 0) is 19.8 Å². The van der Waals surface area contributed by atoms with Crippen molar-refractivity contribution in [3.05, 3.63) is 0 Å². The Balaban J connectivity index is 2.22. The van der Waals surface area contributed by atoms with Crippen LogP contribution in [-0.2, 0) is 14.2 Å². The van der Waals surface area contributed by atoms with Crippen molar-refractivity contribution in [2.45, 2.75) is 37.5 Å². The van der Waals surface area contributed by atoms with E-state index >= 15 is 0 Å². The number of rotatable bonds is 9. The van der Waals surface area contributed by atoms with Gasteiger partial charge in [0.1, 0.15) is 0 Å². The summed E-state index contributed by atoms with van der Waals surface area (Å²) in [4.78, 5) is 0. The number of hydrogen-bond donors (Lipinski definition) is 3. The van der Waals surface area contributed by atoms with Crippen molar-refractivity contribution in [2.75, 3.05) is 46.7 Å². The SMILES string of the molecule is COCC(C)OCC(O)CNC1(CO)CCOCC1. The lowest BCUT2D eigenvalue weighted by Crippen LogP contribution is -2.54. The standard InChI is InChI=1S/C13H27NO5/c1-11(8-17-2)19-9-12(16)7-14-13(10-15)3-5-18-6-4-13/h11-12,14-16H,3-10H2,1-2H3. The molecule has 1 saturated heterocycles. The van der Waals surface area contributed by atoms with Gasteiger partial charge in [-0.2, -0.15) is 0 Å². The molecule has 1 rings (SSSR count). The number of ether oxygens (including phenoxy) is 3. The fraction of sp³-hybridized carbons (Fsp3) is 1.00. The minimum Gasteiger partial charge on any atom is -0.394 e. The van der Waals surface area contributed by atoms with Gasteiger partial charge in [-0.15, -0.1) is 0 Å². The van der Waals surface area contributed by atoms with Crippen LogP contribution < -0.4 is 5.32 Å². The third-order valence-corrected chi connectivity index (χ3v) is 3.44. The van der Waals surface area contributed by atoms with Gasteiger partial charge < -0.3 is 29.7 Å². The summed E-state index contributed by atoms with van der Waals surface area (Å²) in [6.45, 7) is 4.42. The summed E-state index contributed by atoms with van der Waals surface area (Å²) in [6, 6.07) is 0. The van der Waals surface area contributed by atoms with E-state index < -0.39 is 6.10 Å². The van der Waals surface area contributed by atoms with Gasteiger partial charge in [0, 0.05) is 32.4 Å². The van der Waals surface area contributed by atoms with E-state index in [1.807, 2.05) is 6.92 Å². The summed E-state index contributed by atoms with van der Waals surface area (Å²) in [7, 11) is 1.62. The van der Waals surface area contributed by atoms with Crippen LogP contribution in [0, 0.1) is 0 Å². The Morgan fingerprint density at radius 1 is 1.32 bits per heavy atom. The van der Waals surface area contributed by atoms with Crippen molar-refractivity contribution in [2.24, 2.45) is 0 Å². The predicted molar refractivity (Wildman–Crippen MR) is 71.2 cm³/mol. The van der Waals surface area contributed by atoms with Gasteiger partial charge in [0.2, 0.25) is 0 Å². The molecule has 0 spiro atoms. The Morgan fingerprint density at radius 2 is 2.00 bits per heavy atom. The third kappa shape index (κ3) is 6.16. The zero-order chi connectivity index (χ0) is 14.1. The molecule has 0 amide bonds. The molecule has 2 unspecified atom stereocenters. The number of nitrogens with one attached hydrogen (secondary N) is 1. The quantitative estimate of drug-likeness (QED) is 0.529. The fourth-order valence-electron chi connectivity index (χ4n) is 2.10. The normalized spacial score (nSPS) is 22.1. The summed E-state index contributed by atoms with van der Waals surface area (Å²) in [6.07, 6.45) is 0.897. The van der Waals surface area contributed by atoms with E-state index in [0.29, 0.717) is 26.4 Å². The molecule has 1 fully saturated rings. The molecule has 0 aliphatic carbocycles. The van der Waals surface area contributed by atoms with E-state index in [-0.39, 0.29) is 24.9 Å². The van der Waals surface area contributed by atoms with E-state index in [2.05, 4.69) is 5.32 Å². The van der Waals surface area contributed by atoms with E-state index in [1.54, 1.807) is 7.11 Å². The highest BCUT2D eigenvalue weighted by molar-refractivity contribution is 4.90. The van der Waals surface area contributed by atoms with E-state index in [1.165, 1.54) is 0 Å². The first-order valence-corrected chi connectivity index (χ1v) is 6.84. The average Bonchev–Trinajstić information content (AvgIpc) is 2.44. The van der Waals surface area contributed by atoms with Crippen LogP contribution in [-0.4, -0.2) is 74.6 Å². The van der Waals surface area contributed by atoms with Gasteiger partial charge in [0.05, 0.1) is 32.0 Å². The van der Waals surface area contributed by atoms with Gasteiger partial charge in [0.15, 0.2) is 0 Å². The molecule has 0 aromatic rings. The molecule has 0 aromatic carbocycles. The zero-order valence-corrected chi connectivity index (χ0v) is 11.9. The molecular weight excluding hydrogens is 250 g/mol. The molecule has 1 aliphatic rings. The van der Waals surface area contributed by atoms with Gasteiger partial charge in [-0.25, -0.2) is 0 Å². The van der Waals surface area contributed by atoms with Crippen molar-refractivity contribution in [3.8, 4) is 0 Å². The molecule has 0 saturated carbocycles. The molecule has 0 radical (unpaired) electrons. The second-order valence-electron chi connectivity index (χ2n) is 5.18. The Hall–Kier alpha value is -0.240. The summed E-state index contributed by atoms with van der Waals surface area (Å²) in [5, 5.41) is 22.6. The maximum atomic E-state index is 9.87. The van der Waals surface area contributed by atoms with E-state index in [0.717, 1.165) is 12.8 Å². The predicted octanol–water partition coefficient (Wildman–Crippen LogP) is -0.470. The van der Waals surface area contributed by atoms with Crippen LogP contribution in [0.4, 0.5) is 0 Å². The molecule has 3 N–H and O–H groups in total. The largest absolute Gasteiger partial charge is 0.394 e. The van der Waals surface area contributed by atoms with Gasteiger partial charge in [-0.1, -0.05) is 0 Å². The summed E-state index contributed by atoms with van der Waals surface area (Å²) in [5.74, 6) is 0. The summed E-state index contributed by atoms with van der Waals surface area (Å²) in [5.41, 5.74) is -0.322. The van der Waals surface area contributed by atoms with Gasteiger partial charge in [0.25, 0.3) is 0 Å². The van der Waals surface area contributed by atoms with Crippen molar-refractivity contribution in [1.82, 2.24) is 5.32 Å². The summed E-state index contributed by atoms with van der Waals surface area (Å²) >= 11 is 0. The van der Waals surface area contributed by atoms with Gasteiger partial charge in [-0.3, -0.25) is 0 Å². The van der Waals surface area contributed by atoms with Crippen LogP contribution in [0.1, 0.15) is 19.8 Å². The highest BCUT2D eigenvalue weighted by Gasteiger charge is 2.31. The first-order valence-electron chi connectivity index (χ1n) is 6.84. The lowest BCUT2D eigenvalue weighted by Gasteiger charge is -2.37. The number of aliphatic hydroxyl groups is 2. The van der Waals surface area contributed by atoms with E-state index in [9.17, 15) is 10.2 Å². The second-order valence-corrected chi connectivity index (χ2v) is 5.18. The molecule has 1 heterocycles. The maximum absolute atomic E-state index is 9.87. The van der Waals surface area contributed by atoms with Gasteiger partial charge >= 0.3 is 0 Å². The third-order valence-electron chi connectivity index (χ3n) is 3.44. The fourth-order valence-corrected chi connectivity index (χ4v) is 2.10. The van der Waals surface area contributed by atoms with Crippen LogP contribution in [0.15, 0.2) is 0 Å². The van der Waals surface area contributed by atoms with E-state index in [4.69, 9.17) is 14.2 Å². The lowest BCUT2D eigenvalue weighted by molar-refractivity contribution is -0.0385. The molecule has 1 aliphatic heterocycles. The molecule has 6 heteroatoms. The minimum absolute atomic E-state index is 0.0328. The Bertz CT molecular complexity index is 233. The molecule has 114 valence electrons. The zero-order valence-electron chi connectivity index (χ0n) is 11.9. The van der Waals surface area contributed by atoms with Crippen LogP contribution in [0.5, 0.6) is 0 Å². The van der Waals surface area contributed by atoms with Crippen LogP contribution in [0.25, 0.3) is 0 Å². The second kappa shape index (κ2) is 8.84. The van der Waals surface area contributed by atoms with Crippen molar-refractivity contribution >= 4 is 0 Å². The smallest absolute Gasteiger partial charge is 0.0898 e. The molecule has 0 aromatic heterocycles. The number of hydrogen-bond acceptors (Lipinski definition) is 6. The Morgan fingerprint density at radius 3 is 2.58 bits per heavy atom. The van der Waals surface area contributed by atoms with Crippen LogP contribution in [0.2, 0.25) is 0 Å². The number of aliphatic hydroxyl groups excluding tert-OH is 2. The molecule has 2 atom stereocenters. The molecule has 0 bridgehead atoms. The first-order chi connectivity index (χ1) is 9.12. The van der Waals surface area contributed by atoms with Crippen LogP contribution in [0.3, 0.4) is 0 Å². The lowest BCUT2D eigenvalue weighted by atomic mass is 9.91. The highest BCUT2D eigenvalue weighted by Crippen LogP contribution is 2.19. The molecular formula is C13H27NO5. The number of methoxy groups -OCH3 is 1. The topological polar surface area (TPSA) is 80.2 Å². The molecule has 6 nitrogen and oxygen atoms in total. The monoisotopic (exact) mass is 277 g/mol.